The summed E-state index contributed by atoms with van der Waals surface area (Å²) >= 11 is 0. The zero-order valence-corrected chi connectivity index (χ0v) is 14.4. The van der Waals surface area contributed by atoms with Gasteiger partial charge in [-0.05, 0) is 48.9 Å². The van der Waals surface area contributed by atoms with E-state index in [0.717, 1.165) is 41.4 Å². The molecule has 1 aromatic carbocycles. The number of carbonyl (C=O) groups is 1. The van der Waals surface area contributed by atoms with Crippen molar-refractivity contribution in [2.75, 3.05) is 0 Å². The molecule has 3 aromatic rings. The van der Waals surface area contributed by atoms with Gasteiger partial charge in [-0.2, -0.15) is 5.10 Å². The highest BCUT2D eigenvalue weighted by Gasteiger charge is 2.34. The number of aromatic amines is 1. The van der Waals surface area contributed by atoms with Crippen LogP contribution in [0.1, 0.15) is 24.1 Å². The van der Waals surface area contributed by atoms with Gasteiger partial charge in [-0.1, -0.05) is 18.2 Å². The van der Waals surface area contributed by atoms with E-state index in [1.54, 1.807) is 12.4 Å². The number of benzene rings is 1. The molecule has 1 aliphatic rings. The highest BCUT2D eigenvalue weighted by atomic mass is 16.3. The molecule has 0 aliphatic heterocycles. The van der Waals surface area contributed by atoms with E-state index >= 15 is 0 Å². The number of H-pyrrole nitrogens is 1. The Hall–Kier alpha value is -2.73. The number of nitrogens with zero attached hydrogens (tertiary/aromatic N) is 2. The van der Waals surface area contributed by atoms with E-state index in [2.05, 4.69) is 20.5 Å². The number of hydrogen-bond donors (Lipinski definition) is 3. The van der Waals surface area contributed by atoms with E-state index in [4.69, 9.17) is 0 Å². The van der Waals surface area contributed by atoms with E-state index < -0.39 is 0 Å². The fraction of sp³-hybridized carbons (Fsp3) is 0.350. The van der Waals surface area contributed by atoms with Gasteiger partial charge in [0.1, 0.15) is 0 Å². The normalized spacial score (nSPS) is 20.5. The van der Waals surface area contributed by atoms with Crippen LogP contribution in [0.2, 0.25) is 0 Å². The molecule has 0 saturated heterocycles. The lowest BCUT2D eigenvalue weighted by molar-refractivity contribution is -0.122. The molecule has 1 amide bonds. The van der Waals surface area contributed by atoms with Crippen LogP contribution in [0.15, 0.2) is 48.8 Å². The SMILES string of the molecule is O=C(Cc1[nH]nc2ccccc12)N[C@H](Cc1ccncc1)C1CC(O)C1. The lowest BCUT2D eigenvalue weighted by atomic mass is 9.75. The van der Waals surface area contributed by atoms with Crippen molar-refractivity contribution in [3.8, 4) is 0 Å². The van der Waals surface area contributed by atoms with Gasteiger partial charge in [0.05, 0.1) is 23.7 Å². The number of amides is 1. The third kappa shape index (κ3) is 3.60. The Morgan fingerprint density at radius 2 is 2.00 bits per heavy atom. The van der Waals surface area contributed by atoms with Crippen molar-refractivity contribution in [2.24, 2.45) is 5.92 Å². The van der Waals surface area contributed by atoms with Crippen LogP contribution in [0.3, 0.4) is 0 Å². The number of hydrogen-bond acceptors (Lipinski definition) is 4. The zero-order valence-electron chi connectivity index (χ0n) is 14.4. The maximum Gasteiger partial charge on any atom is 0.226 e. The zero-order chi connectivity index (χ0) is 17.9. The quantitative estimate of drug-likeness (QED) is 0.634. The molecular formula is C20H22N4O2. The molecule has 26 heavy (non-hydrogen) atoms. The number of nitrogens with one attached hydrogen (secondary N) is 2. The molecule has 2 heterocycles. The van der Waals surface area contributed by atoms with Crippen molar-refractivity contribution < 1.29 is 9.90 Å². The smallest absolute Gasteiger partial charge is 0.226 e. The molecule has 6 heteroatoms. The average molecular weight is 350 g/mol. The van der Waals surface area contributed by atoms with Crippen LogP contribution in [0, 0.1) is 5.92 Å². The Bertz CT molecular complexity index is 887. The first-order valence-electron chi connectivity index (χ1n) is 8.97. The van der Waals surface area contributed by atoms with Crippen LogP contribution < -0.4 is 5.32 Å². The second-order valence-corrected chi connectivity index (χ2v) is 7.01. The molecule has 1 aliphatic carbocycles. The van der Waals surface area contributed by atoms with Crippen LogP contribution >= 0.6 is 0 Å². The van der Waals surface area contributed by atoms with Gasteiger partial charge >= 0.3 is 0 Å². The third-order valence-electron chi connectivity index (χ3n) is 5.15. The number of fused-ring (bicyclic) bond motifs is 1. The maximum absolute atomic E-state index is 12.6. The molecule has 1 fully saturated rings. The minimum absolute atomic E-state index is 0.0162. The monoisotopic (exact) mass is 350 g/mol. The maximum atomic E-state index is 12.6. The van der Waals surface area contributed by atoms with Crippen LogP contribution in [-0.4, -0.2) is 38.3 Å². The fourth-order valence-corrected chi connectivity index (χ4v) is 3.63. The number of pyridine rings is 1. The van der Waals surface area contributed by atoms with Crippen molar-refractivity contribution in [1.29, 1.82) is 0 Å². The number of rotatable bonds is 6. The molecule has 4 rings (SSSR count). The first-order valence-corrected chi connectivity index (χ1v) is 8.97. The Kier molecular flexibility index (Phi) is 4.67. The van der Waals surface area contributed by atoms with Crippen molar-refractivity contribution in [3.63, 3.8) is 0 Å². The van der Waals surface area contributed by atoms with E-state index in [1.165, 1.54) is 0 Å². The van der Waals surface area contributed by atoms with Gasteiger partial charge in [0.25, 0.3) is 0 Å². The minimum Gasteiger partial charge on any atom is -0.393 e. The Morgan fingerprint density at radius 3 is 2.77 bits per heavy atom. The first-order chi connectivity index (χ1) is 12.7. The number of para-hydroxylation sites is 1. The molecule has 0 bridgehead atoms. The van der Waals surface area contributed by atoms with Crippen molar-refractivity contribution in [1.82, 2.24) is 20.5 Å². The van der Waals surface area contributed by atoms with Gasteiger partial charge < -0.3 is 10.4 Å². The summed E-state index contributed by atoms with van der Waals surface area (Å²) < 4.78 is 0. The topological polar surface area (TPSA) is 90.9 Å². The van der Waals surface area contributed by atoms with Crippen LogP contribution in [0.5, 0.6) is 0 Å². The molecule has 2 aromatic heterocycles. The summed E-state index contributed by atoms with van der Waals surface area (Å²) in [7, 11) is 0. The van der Waals surface area contributed by atoms with Gasteiger partial charge in [0, 0.05) is 23.8 Å². The largest absolute Gasteiger partial charge is 0.393 e. The second-order valence-electron chi connectivity index (χ2n) is 7.01. The van der Waals surface area contributed by atoms with Crippen LogP contribution in [0.4, 0.5) is 0 Å². The molecule has 1 saturated carbocycles. The van der Waals surface area contributed by atoms with Gasteiger partial charge in [-0.15, -0.1) is 0 Å². The summed E-state index contributed by atoms with van der Waals surface area (Å²) in [4.78, 5) is 16.7. The molecule has 134 valence electrons. The summed E-state index contributed by atoms with van der Waals surface area (Å²) in [5.74, 6) is 0.278. The predicted octanol–water partition coefficient (Wildman–Crippen LogP) is 2.00. The molecule has 0 spiro atoms. The summed E-state index contributed by atoms with van der Waals surface area (Å²) in [6.45, 7) is 0. The van der Waals surface area contributed by atoms with Crippen LogP contribution in [-0.2, 0) is 17.6 Å². The molecule has 3 N–H and O–H groups in total. The number of aliphatic hydroxyl groups excluding tert-OH is 1. The van der Waals surface area contributed by atoms with Gasteiger partial charge in [-0.3, -0.25) is 14.9 Å². The van der Waals surface area contributed by atoms with Crippen molar-refractivity contribution in [3.05, 3.63) is 60.0 Å². The van der Waals surface area contributed by atoms with E-state index in [0.29, 0.717) is 5.92 Å². The van der Waals surface area contributed by atoms with Gasteiger partial charge in [0.15, 0.2) is 0 Å². The van der Waals surface area contributed by atoms with E-state index in [-0.39, 0.29) is 24.5 Å². The highest BCUT2D eigenvalue weighted by molar-refractivity contribution is 5.87. The summed E-state index contributed by atoms with van der Waals surface area (Å²) in [5, 5.41) is 21.0. The third-order valence-corrected chi connectivity index (χ3v) is 5.15. The molecule has 6 nitrogen and oxygen atoms in total. The average Bonchev–Trinajstić information content (AvgIpc) is 3.02. The van der Waals surface area contributed by atoms with E-state index in [9.17, 15) is 9.90 Å². The Morgan fingerprint density at radius 1 is 1.23 bits per heavy atom. The molecule has 0 radical (unpaired) electrons. The Labute approximate surface area is 151 Å². The first kappa shape index (κ1) is 16.7. The fourth-order valence-electron chi connectivity index (χ4n) is 3.63. The summed E-state index contributed by atoms with van der Waals surface area (Å²) in [6.07, 6.45) is 5.78. The second kappa shape index (κ2) is 7.25. The lowest BCUT2D eigenvalue weighted by Gasteiger charge is -2.38. The van der Waals surface area contributed by atoms with Crippen molar-refractivity contribution >= 4 is 16.8 Å². The summed E-state index contributed by atoms with van der Waals surface area (Å²) in [5.41, 5.74) is 2.83. The number of aromatic nitrogens is 3. The highest BCUT2D eigenvalue weighted by Crippen LogP contribution is 2.31. The molecule has 0 unspecified atom stereocenters. The van der Waals surface area contributed by atoms with E-state index in [1.807, 2.05) is 36.4 Å². The molecule has 1 atom stereocenters. The predicted molar refractivity (Wildman–Crippen MR) is 98.4 cm³/mol. The number of aliphatic hydroxyl groups is 1. The summed E-state index contributed by atoms with van der Waals surface area (Å²) in [6, 6.07) is 11.7. The van der Waals surface area contributed by atoms with Crippen LogP contribution in [0.25, 0.3) is 10.9 Å². The van der Waals surface area contributed by atoms with Gasteiger partial charge in [0.2, 0.25) is 5.91 Å². The standard InChI is InChI=1S/C20H22N4O2/c25-15-10-14(11-15)18(9-13-5-7-21-8-6-13)22-20(26)12-19-16-3-1-2-4-17(16)23-24-19/h1-8,14-15,18,25H,9-12H2,(H,22,26)(H,23,24)/t14?,15?,18-/m1/s1. The van der Waals surface area contributed by atoms with Gasteiger partial charge in [-0.25, -0.2) is 0 Å². The van der Waals surface area contributed by atoms with Crippen molar-refractivity contribution in [2.45, 2.75) is 37.8 Å². The molecular weight excluding hydrogens is 328 g/mol. The Balaban J connectivity index is 1.45. The lowest BCUT2D eigenvalue weighted by Crippen LogP contribution is -2.48. The number of carbonyl (C=O) groups excluding carboxylic acids is 1. The minimum atomic E-state index is -0.242.